The number of hydrogen-bond acceptors (Lipinski definition) is 2. The molecule has 0 saturated heterocycles. The van der Waals surface area contributed by atoms with E-state index in [0.29, 0.717) is 0 Å². The lowest BCUT2D eigenvalue weighted by Gasteiger charge is -1.51. The lowest BCUT2D eigenvalue weighted by Crippen LogP contribution is -2.72. The van der Waals surface area contributed by atoms with E-state index in [2.05, 4.69) is 5.73 Å². The van der Waals surface area contributed by atoms with Crippen LogP contribution in [0.5, 0.6) is 0 Å². The van der Waals surface area contributed by atoms with Gasteiger partial charge in [-0.05, 0) is 5.18 Å². The quantitative estimate of drug-likeness (QED) is 0.346. The molecule has 5 heavy (non-hydrogen) atoms. The van der Waals surface area contributed by atoms with Crippen LogP contribution in [0.4, 0.5) is 4.79 Å². The molecule has 4 nitrogen and oxygen atoms in total. The van der Waals surface area contributed by atoms with Crippen molar-refractivity contribution in [1.82, 2.24) is 0 Å². The SMILES string of the molecule is NC(=O)[NH+]=O. The van der Waals surface area contributed by atoms with Crippen LogP contribution >= 0.6 is 0 Å². The highest BCUT2D eigenvalue weighted by Gasteiger charge is 1.87. The van der Waals surface area contributed by atoms with Gasteiger partial charge >= 0.3 is 6.03 Å². The molecule has 0 aromatic carbocycles. The zero-order valence-corrected chi connectivity index (χ0v) is 2.39. The van der Waals surface area contributed by atoms with Crippen molar-refractivity contribution in [3.05, 3.63) is 4.91 Å². The van der Waals surface area contributed by atoms with Crippen molar-refractivity contribution in [2.75, 3.05) is 0 Å². The highest BCUT2D eigenvalue weighted by atomic mass is 16.3. The molecule has 4 heteroatoms. The number of nitrogens with two attached hydrogens (primary N) is 1. The summed E-state index contributed by atoms with van der Waals surface area (Å²) in [5.41, 5.74) is 4.23. The van der Waals surface area contributed by atoms with E-state index in [-0.39, 0.29) is 0 Å². The first kappa shape index (κ1) is 4.07. The normalized spacial score (nSPS) is 6.40. The number of carbonyl (C=O) groups excluding carboxylic acids is 1. The Bertz CT molecular complexity index is 58.7. The summed E-state index contributed by atoms with van der Waals surface area (Å²) in [5.74, 6) is 0. The van der Waals surface area contributed by atoms with Crippen molar-refractivity contribution in [1.29, 1.82) is 0 Å². The first-order valence-corrected chi connectivity index (χ1v) is 0.947. The van der Waals surface area contributed by atoms with E-state index in [1.54, 1.807) is 0 Å². The van der Waals surface area contributed by atoms with Gasteiger partial charge in [0, 0.05) is 0 Å². The van der Waals surface area contributed by atoms with Crippen LogP contribution in [0, 0.1) is 4.91 Å². The minimum absolute atomic E-state index is 0.917. The predicted molar refractivity (Wildman–Crippen MR) is 13.9 cm³/mol. The van der Waals surface area contributed by atoms with E-state index in [1.165, 1.54) is 0 Å². The first-order valence-electron chi connectivity index (χ1n) is 0.947. The Hall–Kier alpha value is -0.930. The Morgan fingerprint density at radius 3 is 2.00 bits per heavy atom. The maximum Gasteiger partial charge on any atom is 0.524 e. The van der Waals surface area contributed by atoms with Crippen LogP contribution in [0.3, 0.4) is 0 Å². The number of carbonyl (C=O) groups is 1. The van der Waals surface area contributed by atoms with Crippen molar-refractivity contribution in [3.63, 3.8) is 0 Å². The van der Waals surface area contributed by atoms with Crippen molar-refractivity contribution < 1.29 is 9.97 Å². The van der Waals surface area contributed by atoms with Crippen molar-refractivity contribution in [2.24, 2.45) is 5.73 Å². The number of primary amides is 1. The van der Waals surface area contributed by atoms with Crippen LogP contribution in [0.25, 0.3) is 0 Å². The molecule has 0 fully saturated rings. The standard InChI is InChI=1S/CH2N2O2/c2-1(4)3-5/h(H2,2,4)/p+1. The molecular formula is CH3N2O2+. The van der Waals surface area contributed by atoms with Crippen molar-refractivity contribution in [2.45, 2.75) is 0 Å². The number of hydrogen-bond donors (Lipinski definition) is 2. The summed E-state index contributed by atoms with van der Waals surface area (Å²) >= 11 is 0. The molecule has 0 aliphatic rings. The van der Waals surface area contributed by atoms with Gasteiger partial charge < -0.3 is 0 Å². The highest BCUT2D eigenvalue weighted by Crippen LogP contribution is 1.22. The molecule has 0 radical (unpaired) electrons. The minimum atomic E-state index is -1.05. The lowest BCUT2D eigenvalue weighted by atomic mass is 11.2. The van der Waals surface area contributed by atoms with Gasteiger partial charge in [0.15, 0.2) is 0 Å². The molecule has 3 N–H and O–H groups in total. The number of nitrogens with one attached hydrogen (secondary N) is 1. The summed E-state index contributed by atoms with van der Waals surface area (Å²) in [6, 6.07) is -1.05. The van der Waals surface area contributed by atoms with E-state index >= 15 is 0 Å². The fraction of sp³-hybridized carbons (Fsp3) is 0. The molecule has 0 saturated carbocycles. The molecular weight excluding hydrogens is 72.0 g/mol. The van der Waals surface area contributed by atoms with Gasteiger partial charge in [0.1, 0.15) is 0 Å². The highest BCUT2D eigenvalue weighted by molar-refractivity contribution is 5.59. The van der Waals surface area contributed by atoms with E-state index in [4.69, 9.17) is 9.70 Å². The van der Waals surface area contributed by atoms with E-state index < -0.39 is 6.03 Å². The number of nitroso groups, excluding NO2 is 1. The smallest absolute Gasteiger partial charge is 0.248 e. The average Bonchev–Trinajstić information content (AvgIpc) is 1.38. The topological polar surface area (TPSA) is 74.1 Å². The van der Waals surface area contributed by atoms with E-state index in [0.717, 1.165) is 5.18 Å². The van der Waals surface area contributed by atoms with Gasteiger partial charge in [0.25, 0.3) is 0 Å². The van der Waals surface area contributed by atoms with Gasteiger partial charge in [0.2, 0.25) is 0 Å². The van der Waals surface area contributed by atoms with Crippen LogP contribution in [-0.2, 0) is 0 Å². The number of amides is 2. The molecule has 0 unspecified atom stereocenters. The van der Waals surface area contributed by atoms with Gasteiger partial charge in [0.05, 0.1) is 0 Å². The second kappa shape index (κ2) is 1.40. The molecule has 0 spiro atoms. The molecule has 0 aromatic rings. The van der Waals surface area contributed by atoms with Gasteiger partial charge in [-0.1, -0.05) is 4.91 Å². The summed E-state index contributed by atoms with van der Waals surface area (Å²) in [4.78, 5) is 18.1. The summed E-state index contributed by atoms with van der Waals surface area (Å²) in [6.45, 7) is 0. The van der Waals surface area contributed by atoms with Gasteiger partial charge in [-0.3, -0.25) is 0 Å². The van der Waals surface area contributed by atoms with Crippen LogP contribution in [0.2, 0.25) is 0 Å². The molecule has 0 bridgehead atoms. The Balaban J connectivity index is 3.20. The van der Waals surface area contributed by atoms with Crippen LogP contribution in [0.1, 0.15) is 0 Å². The molecule has 0 aliphatic carbocycles. The number of rotatable bonds is 0. The second-order valence-electron chi connectivity index (χ2n) is 0.466. The zero-order valence-electron chi connectivity index (χ0n) is 2.39. The van der Waals surface area contributed by atoms with Crippen molar-refractivity contribution in [3.8, 4) is 0 Å². The summed E-state index contributed by atoms with van der Waals surface area (Å²) in [5, 5.41) is 0.917. The molecule has 0 heterocycles. The van der Waals surface area contributed by atoms with E-state index in [9.17, 15) is 0 Å². The average molecular weight is 75.0 g/mol. The second-order valence-corrected chi connectivity index (χ2v) is 0.466. The largest absolute Gasteiger partial charge is 0.524 e. The molecule has 2 amide bonds. The summed E-state index contributed by atoms with van der Waals surface area (Å²) in [7, 11) is 0. The maximum atomic E-state index is 9.17. The van der Waals surface area contributed by atoms with Crippen LogP contribution in [0.15, 0.2) is 0 Å². The van der Waals surface area contributed by atoms with Crippen LogP contribution < -0.4 is 10.9 Å². The van der Waals surface area contributed by atoms with Gasteiger partial charge in [-0.2, -0.15) is 4.79 Å². The van der Waals surface area contributed by atoms with Gasteiger partial charge in [-0.25, -0.2) is 5.73 Å². The Labute approximate surface area is 27.9 Å². The Morgan fingerprint density at radius 1 is 1.80 bits per heavy atom. The predicted octanol–water partition coefficient (Wildman–Crippen LogP) is -2.09. The Morgan fingerprint density at radius 2 is 2.00 bits per heavy atom. The fourth-order valence-electron chi connectivity index (χ4n) is 0. The first-order chi connectivity index (χ1) is 2.27. The monoisotopic (exact) mass is 75.0 g/mol. The maximum absolute atomic E-state index is 9.17. The minimum Gasteiger partial charge on any atom is -0.248 e. The summed E-state index contributed by atoms with van der Waals surface area (Å²) in [6.07, 6.45) is 0. The number of urea groups is 1. The molecule has 0 aromatic heterocycles. The molecule has 28 valence electrons. The third-order valence-electron chi connectivity index (χ3n) is 0.101. The molecule has 0 atom stereocenters. The summed E-state index contributed by atoms with van der Waals surface area (Å²) < 4.78 is 0. The zero-order chi connectivity index (χ0) is 4.28. The van der Waals surface area contributed by atoms with Gasteiger partial charge in [-0.15, -0.1) is 0 Å². The van der Waals surface area contributed by atoms with Crippen molar-refractivity contribution >= 4 is 6.03 Å². The third-order valence-corrected chi connectivity index (χ3v) is 0.101. The lowest BCUT2D eigenvalue weighted by molar-refractivity contribution is -0.364. The molecule has 0 rings (SSSR count). The van der Waals surface area contributed by atoms with Crippen LogP contribution in [-0.4, -0.2) is 6.03 Å². The fourth-order valence-corrected chi connectivity index (χ4v) is 0. The van der Waals surface area contributed by atoms with E-state index in [1.807, 2.05) is 0 Å². The third kappa shape index (κ3) is 3.07. The Kier molecular flexibility index (Phi) is 1.14. The molecule has 0 aliphatic heterocycles.